The van der Waals surface area contributed by atoms with Gasteiger partial charge in [-0.1, -0.05) is 6.92 Å². The van der Waals surface area contributed by atoms with Gasteiger partial charge in [-0.3, -0.25) is 4.79 Å². The molecule has 6 heteroatoms. The maximum absolute atomic E-state index is 12.2. The van der Waals surface area contributed by atoms with E-state index in [-0.39, 0.29) is 17.6 Å². The van der Waals surface area contributed by atoms with Crippen LogP contribution in [0.3, 0.4) is 0 Å². The highest BCUT2D eigenvalue weighted by Crippen LogP contribution is 2.25. The van der Waals surface area contributed by atoms with E-state index in [4.69, 9.17) is 9.84 Å². The molecule has 2 saturated heterocycles. The smallest absolute Gasteiger partial charge is 0.317 e. The molecule has 2 aliphatic heterocycles. The van der Waals surface area contributed by atoms with Gasteiger partial charge in [-0.25, -0.2) is 4.79 Å². The SMILES string of the molecule is CC1CC(C(=O)O)CN(C(=O)NCC2(C)CCCO2)C1. The number of hydrogen-bond acceptors (Lipinski definition) is 3. The second kappa shape index (κ2) is 5.99. The molecule has 2 rings (SSSR count). The van der Waals surface area contributed by atoms with Gasteiger partial charge < -0.3 is 20.1 Å². The number of aliphatic carboxylic acids is 1. The Bertz CT molecular complexity index is 379. The zero-order valence-corrected chi connectivity index (χ0v) is 12.2. The van der Waals surface area contributed by atoms with Crippen molar-refractivity contribution in [3.8, 4) is 0 Å². The standard InChI is InChI=1S/C14H24N2O4/c1-10-6-11(12(17)18)8-16(7-10)13(19)15-9-14(2)4-3-5-20-14/h10-11H,3-9H2,1-2H3,(H,15,19)(H,17,18). The molecule has 0 radical (unpaired) electrons. The maximum Gasteiger partial charge on any atom is 0.317 e. The molecule has 2 heterocycles. The summed E-state index contributed by atoms with van der Waals surface area (Å²) in [6, 6.07) is -0.181. The number of carboxylic acids is 1. The number of ether oxygens (including phenoxy) is 1. The lowest BCUT2D eigenvalue weighted by Crippen LogP contribution is -2.52. The lowest BCUT2D eigenvalue weighted by Gasteiger charge is -2.35. The van der Waals surface area contributed by atoms with Crippen molar-refractivity contribution in [3.05, 3.63) is 0 Å². The van der Waals surface area contributed by atoms with Crippen molar-refractivity contribution >= 4 is 12.0 Å². The van der Waals surface area contributed by atoms with E-state index >= 15 is 0 Å². The Morgan fingerprint density at radius 1 is 1.45 bits per heavy atom. The molecule has 0 aromatic heterocycles. The van der Waals surface area contributed by atoms with E-state index in [2.05, 4.69) is 5.32 Å². The fourth-order valence-electron chi connectivity index (χ4n) is 3.05. The van der Waals surface area contributed by atoms with E-state index in [1.54, 1.807) is 4.90 Å². The lowest BCUT2D eigenvalue weighted by atomic mass is 9.91. The molecule has 20 heavy (non-hydrogen) atoms. The van der Waals surface area contributed by atoms with E-state index in [9.17, 15) is 9.59 Å². The average molecular weight is 284 g/mol. The van der Waals surface area contributed by atoms with Crippen molar-refractivity contribution in [2.24, 2.45) is 11.8 Å². The number of hydrogen-bond donors (Lipinski definition) is 2. The van der Waals surface area contributed by atoms with E-state index < -0.39 is 11.9 Å². The van der Waals surface area contributed by atoms with E-state index in [1.165, 1.54) is 0 Å². The Balaban J connectivity index is 1.86. The zero-order valence-electron chi connectivity index (χ0n) is 12.2. The maximum atomic E-state index is 12.2. The first-order valence-corrected chi connectivity index (χ1v) is 7.29. The first-order chi connectivity index (χ1) is 9.39. The van der Waals surface area contributed by atoms with Gasteiger partial charge in [-0.05, 0) is 32.1 Å². The number of nitrogens with zero attached hydrogens (tertiary/aromatic N) is 1. The summed E-state index contributed by atoms with van der Waals surface area (Å²) < 4.78 is 5.63. The summed E-state index contributed by atoms with van der Waals surface area (Å²) in [4.78, 5) is 24.9. The molecule has 2 amide bonds. The summed E-state index contributed by atoms with van der Waals surface area (Å²) in [7, 11) is 0. The highest BCUT2D eigenvalue weighted by atomic mass is 16.5. The summed E-state index contributed by atoms with van der Waals surface area (Å²) in [6.07, 6.45) is 2.61. The van der Waals surface area contributed by atoms with E-state index in [0.717, 1.165) is 19.4 Å². The Labute approximate surface area is 119 Å². The third-order valence-electron chi connectivity index (χ3n) is 4.21. The van der Waals surface area contributed by atoms with Crippen molar-refractivity contribution in [3.63, 3.8) is 0 Å². The van der Waals surface area contributed by atoms with Gasteiger partial charge >= 0.3 is 12.0 Å². The third kappa shape index (κ3) is 3.62. The Morgan fingerprint density at radius 3 is 2.80 bits per heavy atom. The number of carboxylic acid groups (broad SMARTS) is 1. The first-order valence-electron chi connectivity index (χ1n) is 7.29. The van der Waals surface area contributed by atoms with Gasteiger partial charge in [0.25, 0.3) is 0 Å². The normalized spacial score (nSPS) is 34.0. The molecule has 2 fully saturated rings. The molecule has 0 bridgehead atoms. The fourth-order valence-corrected chi connectivity index (χ4v) is 3.05. The van der Waals surface area contributed by atoms with Gasteiger partial charge in [0.1, 0.15) is 0 Å². The molecular formula is C14H24N2O4. The van der Waals surface area contributed by atoms with E-state index in [1.807, 2.05) is 13.8 Å². The Kier molecular flexibility index (Phi) is 4.52. The molecule has 0 spiro atoms. The minimum absolute atomic E-state index is 0.181. The van der Waals surface area contributed by atoms with Crippen LogP contribution in [0.15, 0.2) is 0 Å². The van der Waals surface area contributed by atoms with Crippen LogP contribution in [0.4, 0.5) is 4.79 Å². The molecule has 0 aromatic rings. The molecular weight excluding hydrogens is 260 g/mol. The molecule has 2 aliphatic rings. The number of urea groups is 1. The topological polar surface area (TPSA) is 78.9 Å². The van der Waals surface area contributed by atoms with Crippen LogP contribution < -0.4 is 5.32 Å². The van der Waals surface area contributed by atoms with Crippen molar-refractivity contribution < 1.29 is 19.4 Å². The predicted octanol–water partition coefficient (Wildman–Crippen LogP) is 1.31. The third-order valence-corrected chi connectivity index (χ3v) is 4.21. The quantitative estimate of drug-likeness (QED) is 0.819. The summed E-state index contributed by atoms with van der Waals surface area (Å²) in [5.74, 6) is -1.06. The molecule has 0 aliphatic carbocycles. The second-order valence-electron chi connectivity index (χ2n) is 6.34. The predicted molar refractivity (Wildman–Crippen MR) is 73.5 cm³/mol. The van der Waals surface area contributed by atoms with Gasteiger partial charge in [0.05, 0.1) is 11.5 Å². The van der Waals surface area contributed by atoms with Gasteiger partial charge in [0, 0.05) is 26.2 Å². The molecule has 114 valence electrons. The number of rotatable bonds is 3. The van der Waals surface area contributed by atoms with Crippen LogP contribution in [0.1, 0.15) is 33.1 Å². The Hall–Kier alpha value is -1.30. The van der Waals surface area contributed by atoms with Crippen LogP contribution >= 0.6 is 0 Å². The number of piperidine rings is 1. The van der Waals surface area contributed by atoms with Crippen LogP contribution in [-0.2, 0) is 9.53 Å². The first kappa shape index (κ1) is 15.1. The van der Waals surface area contributed by atoms with Crippen molar-refractivity contribution in [1.82, 2.24) is 10.2 Å². The fraction of sp³-hybridized carbons (Fsp3) is 0.857. The van der Waals surface area contributed by atoms with Crippen molar-refractivity contribution in [2.45, 2.75) is 38.7 Å². The van der Waals surface area contributed by atoms with Gasteiger partial charge in [-0.2, -0.15) is 0 Å². The second-order valence-corrected chi connectivity index (χ2v) is 6.34. The summed E-state index contributed by atoms with van der Waals surface area (Å²) >= 11 is 0. The number of carbonyl (C=O) groups is 2. The molecule has 3 atom stereocenters. The molecule has 3 unspecified atom stereocenters. The highest BCUT2D eigenvalue weighted by molar-refractivity contribution is 5.76. The number of nitrogens with one attached hydrogen (secondary N) is 1. The van der Waals surface area contributed by atoms with Crippen LogP contribution in [0.2, 0.25) is 0 Å². The van der Waals surface area contributed by atoms with Gasteiger partial charge in [0.15, 0.2) is 0 Å². The lowest BCUT2D eigenvalue weighted by molar-refractivity contribution is -0.143. The van der Waals surface area contributed by atoms with Crippen LogP contribution in [-0.4, -0.2) is 53.8 Å². The molecule has 2 N–H and O–H groups in total. The van der Waals surface area contributed by atoms with Crippen LogP contribution in [0.5, 0.6) is 0 Å². The van der Waals surface area contributed by atoms with Gasteiger partial charge in [0.2, 0.25) is 0 Å². The highest BCUT2D eigenvalue weighted by Gasteiger charge is 2.34. The Morgan fingerprint density at radius 2 is 2.20 bits per heavy atom. The summed E-state index contributed by atoms with van der Waals surface area (Å²) in [6.45, 7) is 6.12. The van der Waals surface area contributed by atoms with Crippen molar-refractivity contribution in [1.29, 1.82) is 0 Å². The molecule has 0 saturated carbocycles. The van der Waals surface area contributed by atoms with Crippen molar-refractivity contribution in [2.75, 3.05) is 26.2 Å². The van der Waals surface area contributed by atoms with Crippen LogP contribution in [0.25, 0.3) is 0 Å². The molecule has 6 nitrogen and oxygen atoms in total. The average Bonchev–Trinajstić information content (AvgIpc) is 2.82. The largest absolute Gasteiger partial charge is 0.481 e. The van der Waals surface area contributed by atoms with Crippen LogP contribution in [0, 0.1) is 11.8 Å². The number of amides is 2. The number of likely N-dealkylation sites (tertiary alicyclic amines) is 1. The minimum atomic E-state index is -0.819. The van der Waals surface area contributed by atoms with Gasteiger partial charge in [-0.15, -0.1) is 0 Å². The minimum Gasteiger partial charge on any atom is -0.481 e. The number of carbonyl (C=O) groups excluding carboxylic acids is 1. The zero-order chi connectivity index (χ0) is 14.8. The summed E-state index contributed by atoms with van der Waals surface area (Å²) in [5.41, 5.74) is -0.275. The molecule has 0 aromatic carbocycles. The summed E-state index contributed by atoms with van der Waals surface area (Å²) in [5, 5.41) is 12.0. The monoisotopic (exact) mass is 284 g/mol. The van der Waals surface area contributed by atoms with E-state index in [0.29, 0.717) is 26.1 Å².